The van der Waals surface area contributed by atoms with Crippen LogP contribution in [-0.4, -0.2) is 56.5 Å². The molecule has 0 saturated carbocycles. The second-order valence-electron chi connectivity index (χ2n) is 6.63. The molecule has 0 bridgehead atoms. The van der Waals surface area contributed by atoms with Gasteiger partial charge in [-0.05, 0) is 38.1 Å². The summed E-state index contributed by atoms with van der Waals surface area (Å²) < 4.78 is 5.35. The number of halogens is 2. The minimum absolute atomic E-state index is 0. The Morgan fingerprint density at radius 3 is 2.81 bits per heavy atom. The summed E-state index contributed by atoms with van der Waals surface area (Å²) in [6.07, 6.45) is 2.30. The van der Waals surface area contributed by atoms with Gasteiger partial charge in [-0.25, -0.2) is 0 Å². The van der Waals surface area contributed by atoms with Gasteiger partial charge in [0.05, 0.1) is 18.7 Å². The highest BCUT2D eigenvalue weighted by Gasteiger charge is 2.39. The van der Waals surface area contributed by atoms with Gasteiger partial charge < -0.3 is 19.9 Å². The Kier molecular flexibility index (Phi) is 7.15. The van der Waals surface area contributed by atoms with Crippen LogP contribution in [-0.2, 0) is 9.59 Å². The van der Waals surface area contributed by atoms with E-state index in [2.05, 4.69) is 5.32 Å². The van der Waals surface area contributed by atoms with E-state index in [4.69, 9.17) is 16.3 Å². The lowest BCUT2D eigenvalue weighted by Gasteiger charge is -2.34. The first-order chi connectivity index (χ1) is 12.0. The average Bonchev–Trinajstić information content (AvgIpc) is 3.02. The number of benzene rings is 1. The summed E-state index contributed by atoms with van der Waals surface area (Å²) >= 11 is 6.08. The van der Waals surface area contributed by atoms with Gasteiger partial charge in [0.2, 0.25) is 11.8 Å². The maximum atomic E-state index is 12.9. The van der Waals surface area contributed by atoms with Gasteiger partial charge in [0.1, 0.15) is 5.75 Å². The lowest BCUT2D eigenvalue weighted by atomic mass is 10.0. The van der Waals surface area contributed by atoms with Crippen molar-refractivity contribution >= 4 is 41.5 Å². The van der Waals surface area contributed by atoms with Crippen LogP contribution in [0, 0.1) is 5.92 Å². The molecule has 1 N–H and O–H groups in total. The van der Waals surface area contributed by atoms with Gasteiger partial charge in [-0.3, -0.25) is 9.59 Å². The van der Waals surface area contributed by atoms with Crippen molar-refractivity contribution in [2.45, 2.75) is 25.3 Å². The molecule has 2 fully saturated rings. The van der Waals surface area contributed by atoms with Gasteiger partial charge in [0, 0.05) is 37.1 Å². The fraction of sp³-hybridized carbons (Fsp3) is 0.556. The second kappa shape index (κ2) is 8.93. The number of piperidine rings is 1. The topological polar surface area (TPSA) is 61.9 Å². The van der Waals surface area contributed by atoms with Crippen molar-refractivity contribution in [1.82, 2.24) is 10.2 Å². The predicted molar refractivity (Wildman–Crippen MR) is 104 cm³/mol. The first-order valence-electron chi connectivity index (χ1n) is 8.63. The largest absolute Gasteiger partial charge is 0.495 e. The number of likely N-dealkylation sites (tertiary alicyclic amines) is 1. The number of hydrogen-bond donors (Lipinski definition) is 1. The summed E-state index contributed by atoms with van der Waals surface area (Å²) in [5.41, 5.74) is 0.627. The summed E-state index contributed by atoms with van der Waals surface area (Å²) in [5.74, 6) is 0.267. The van der Waals surface area contributed by atoms with Crippen molar-refractivity contribution in [2.75, 3.05) is 38.7 Å². The third-order valence-corrected chi connectivity index (χ3v) is 5.28. The molecule has 144 valence electrons. The van der Waals surface area contributed by atoms with Crippen LogP contribution in [0.1, 0.15) is 19.3 Å². The van der Waals surface area contributed by atoms with E-state index in [9.17, 15) is 9.59 Å². The third kappa shape index (κ3) is 4.24. The van der Waals surface area contributed by atoms with Crippen LogP contribution in [0.5, 0.6) is 5.75 Å². The van der Waals surface area contributed by atoms with Crippen LogP contribution < -0.4 is 15.0 Å². The molecule has 1 aromatic rings. The normalized spacial score (nSPS) is 23.0. The van der Waals surface area contributed by atoms with Crippen LogP contribution in [0.4, 0.5) is 5.69 Å². The first-order valence-corrected chi connectivity index (χ1v) is 9.01. The highest BCUT2D eigenvalue weighted by Crippen LogP contribution is 2.35. The molecule has 2 amide bonds. The number of carbonyl (C=O) groups is 2. The van der Waals surface area contributed by atoms with Gasteiger partial charge in [-0.2, -0.15) is 0 Å². The van der Waals surface area contributed by atoms with Crippen LogP contribution in [0.25, 0.3) is 0 Å². The Bertz CT molecular complexity index is 671. The maximum absolute atomic E-state index is 12.9. The Morgan fingerprint density at radius 2 is 2.12 bits per heavy atom. The lowest BCUT2D eigenvalue weighted by molar-refractivity contribution is -0.137. The van der Waals surface area contributed by atoms with Crippen molar-refractivity contribution in [3.8, 4) is 5.75 Å². The standard InChI is InChI=1S/C18H24ClN3O3.ClH/c1-20-14-4-3-7-21(11-14)18(24)12-8-17(23)22(10-12)15-9-13(19)5-6-16(15)25-2;/h5-6,9,12,14,20H,3-4,7-8,10-11H2,1-2H3;1H. The number of amides is 2. The Morgan fingerprint density at radius 1 is 1.35 bits per heavy atom. The number of nitrogens with one attached hydrogen (secondary N) is 1. The molecule has 1 aromatic carbocycles. The molecular formula is C18H25Cl2N3O3. The molecular weight excluding hydrogens is 377 g/mol. The quantitative estimate of drug-likeness (QED) is 0.840. The Labute approximate surface area is 165 Å². The van der Waals surface area contributed by atoms with Crippen LogP contribution in [0.2, 0.25) is 5.02 Å². The average molecular weight is 402 g/mol. The fourth-order valence-electron chi connectivity index (χ4n) is 3.65. The second-order valence-corrected chi connectivity index (χ2v) is 7.07. The Balaban J connectivity index is 0.00000243. The summed E-state index contributed by atoms with van der Waals surface area (Å²) in [5, 5.41) is 3.78. The van der Waals surface area contributed by atoms with E-state index in [1.165, 1.54) is 0 Å². The fourth-order valence-corrected chi connectivity index (χ4v) is 3.82. The summed E-state index contributed by atoms with van der Waals surface area (Å²) in [6, 6.07) is 5.50. The molecule has 0 spiro atoms. The van der Waals surface area contributed by atoms with Crippen LogP contribution in [0.15, 0.2) is 18.2 Å². The van der Waals surface area contributed by atoms with E-state index >= 15 is 0 Å². The number of rotatable bonds is 4. The number of anilines is 1. The van der Waals surface area contributed by atoms with E-state index in [-0.39, 0.29) is 36.6 Å². The van der Waals surface area contributed by atoms with E-state index in [0.717, 1.165) is 19.4 Å². The Hall–Kier alpha value is -1.50. The van der Waals surface area contributed by atoms with Crippen molar-refractivity contribution in [3.63, 3.8) is 0 Å². The molecule has 6 nitrogen and oxygen atoms in total. The number of methoxy groups -OCH3 is 1. The molecule has 2 saturated heterocycles. The van der Waals surface area contributed by atoms with Crippen molar-refractivity contribution in [2.24, 2.45) is 5.92 Å². The monoisotopic (exact) mass is 401 g/mol. The molecule has 2 unspecified atom stereocenters. The number of nitrogens with zero attached hydrogens (tertiary/aromatic N) is 2. The van der Waals surface area contributed by atoms with Gasteiger partial charge >= 0.3 is 0 Å². The summed E-state index contributed by atoms with van der Waals surface area (Å²) in [4.78, 5) is 28.9. The molecule has 26 heavy (non-hydrogen) atoms. The predicted octanol–water partition coefficient (Wildman–Crippen LogP) is 2.33. The van der Waals surface area contributed by atoms with E-state index in [1.54, 1.807) is 30.2 Å². The molecule has 0 radical (unpaired) electrons. The molecule has 0 aliphatic carbocycles. The number of hydrogen-bond acceptors (Lipinski definition) is 4. The molecule has 2 atom stereocenters. The minimum Gasteiger partial charge on any atom is -0.495 e. The first kappa shape index (κ1) is 20.8. The maximum Gasteiger partial charge on any atom is 0.228 e. The smallest absolute Gasteiger partial charge is 0.228 e. The number of ether oxygens (including phenoxy) is 1. The SMILES string of the molecule is CNC1CCCN(C(=O)C2CC(=O)N(c3cc(Cl)ccc3OC)C2)C1.Cl. The third-order valence-electron chi connectivity index (χ3n) is 5.05. The lowest BCUT2D eigenvalue weighted by Crippen LogP contribution is -2.49. The highest BCUT2D eigenvalue weighted by molar-refractivity contribution is 6.31. The van der Waals surface area contributed by atoms with Gasteiger partial charge in [-0.15, -0.1) is 12.4 Å². The summed E-state index contributed by atoms with van der Waals surface area (Å²) in [7, 11) is 3.48. The van der Waals surface area contributed by atoms with Crippen LogP contribution in [0.3, 0.4) is 0 Å². The zero-order valence-corrected chi connectivity index (χ0v) is 16.6. The molecule has 8 heteroatoms. The van der Waals surface area contributed by atoms with Gasteiger partial charge in [-0.1, -0.05) is 11.6 Å². The van der Waals surface area contributed by atoms with E-state index in [0.29, 0.717) is 35.6 Å². The zero-order chi connectivity index (χ0) is 18.0. The van der Waals surface area contributed by atoms with E-state index < -0.39 is 0 Å². The molecule has 0 aromatic heterocycles. The molecule has 2 aliphatic heterocycles. The molecule has 2 aliphatic rings. The van der Waals surface area contributed by atoms with Gasteiger partial charge in [0.25, 0.3) is 0 Å². The summed E-state index contributed by atoms with van der Waals surface area (Å²) in [6.45, 7) is 1.85. The van der Waals surface area contributed by atoms with Crippen LogP contribution >= 0.6 is 24.0 Å². The zero-order valence-electron chi connectivity index (χ0n) is 15.0. The highest BCUT2D eigenvalue weighted by atomic mass is 35.5. The number of carbonyl (C=O) groups excluding carboxylic acids is 2. The van der Waals surface area contributed by atoms with Crippen molar-refractivity contribution in [3.05, 3.63) is 23.2 Å². The van der Waals surface area contributed by atoms with Crippen molar-refractivity contribution in [1.29, 1.82) is 0 Å². The minimum atomic E-state index is -0.313. The van der Waals surface area contributed by atoms with Gasteiger partial charge in [0.15, 0.2) is 0 Å². The number of likely N-dealkylation sites (N-methyl/N-ethyl adjacent to an activating group) is 1. The molecule has 2 heterocycles. The molecule has 3 rings (SSSR count). The van der Waals surface area contributed by atoms with E-state index in [1.807, 2.05) is 11.9 Å². The van der Waals surface area contributed by atoms with Crippen molar-refractivity contribution < 1.29 is 14.3 Å².